The normalized spacial score (nSPS) is 26.9. The first-order valence-electron chi connectivity index (χ1n) is 7.03. The number of likely N-dealkylation sites (N-methyl/N-ethyl adjacent to an activating group) is 2. The highest BCUT2D eigenvalue weighted by Gasteiger charge is 2.26. The number of likely N-dealkylation sites (tertiary alicyclic amines) is 1. The van der Waals surface area contributed by atoms with Gasteiger partial charge in [-0.1, -0.05) is 0 Å². The van der Waals surface area contributed by atoms with Crippen LogP contribution in [0, 0.1) is 0 Å². The molecule has 1 aromatic rings. The fourth-order valence-corrected chi connectivity index (χ4v) is 3.13. The maximum atomic E-state index is 4.49. The maximum absolute atomic E-state index is 4.49. The van der Waals surface area contributed by atoms with Gasteiger partial charge in [-0.25, -0.2) is 0 Å². The van der Waals surface area contributed by atoms with Crippen molar-refractivity contribution in [3.8, 4) is 0 Å². The van der Waals surface area contributed by atoms with E-state index in [0.29, 0.717) is 5.92 Å². The summed E-state index contributed by atoms with van der Waals surface area (Å²) in [4.78, 5) is 4.80. The minimum atomic E-state index is 0.577. The fourth-order valence-electron chi connectivity index (χ4n) is 3.13. The van der Waals surface area contributed by atoms with Gasteiger partial charge in [0.1, 0.15) is 11.6 Å². The Morgan fingerprint density at radius 3 is 2.72 bits per heavy atom. The van der Waals surface area contributed by atoms with E-state index in [1.807, 2.05) is 0 Å². The van der Waals surface area contributed by atoms with Crippen molar-refractivity contribution in [2.45, 2.75) is 31.7 Å². The van der Waals surface area contributed by atoms with E-state index in [1.165, 1.54) is 31.0 Å². The summed E-state index contributed by atoms with van der Waals surface area (Å²) in [6.45, 7) is 5.62. The van der Waals surface area contributed by atoms with Gasteiger partial charge in [-0.05, 0) is 33.5 Å². The lowest BCUT2D eigenvalue weighted by Gasteiger charge is -2.29. The quantitative estimate of drug-likeness (QED) is 0.729. The third-order valence-electron chi connectivity index (χ3n) is 4.27. The maximum Gasteiger partial charge on any atom is 0.137 e. The molecule has 18 heavy (non-hydrogen) atoms. The Bertz CT molecular complexity index is 414. The minimum Gasteiger partial charge on any atom is -0.313 e. The van der Waals surface area contributed by atoms with Crippen LogP contribution in [0.1, 0.15) is 30.4 Å². The molecule has 1 aromatic heterocycles. The number of hydrogen-bond donors (Lipinski definition) is 0. The zero-order chi connectivity index (χ0) is 12.5. The molecule has 0 bridgehead atoms. The standard InChI is InChI=1S/C13H23N5/c1-16-7-5-12-14-15-13(18(12)9-8-16)11-4-3-6-17(2)10-11/h11H,3-10H2,1-2H3. The van der Waals surface area contributed by atoms with Crippen LogP contribution in [0.15, 0.2) is 0 Å². The SMILES string of the molecule is CN1CCc2nnc(C3CCCN(C)C3)n2CC1. The first-order chi connectivity index (χ1) is 8.74. The van der Waals surface area contributed by atoms with Crippen molar-refractivity contribution in [2.24, 2.45) is 0 Å². The summed E-state index contributed by atoms with van der Waals surface area (Å²) in [5.74, 6) is 2.99. The Morgan fingerprint density at radius 2 is 1.89 bits per heavy atom. The molecule has 3 rings (SSSR count). The molecule has 0 spiro atoms. The molecule has 0 N–H and O–H groups in total. The van der Waals surface area contributed by atoms with Gasteiger partial charge in [0.05, 0.1) is 0 Å². The topological polar surface area (TPSA) is 37.2 Å². The molecule has 100 valence electrons. The number of piperidine rings is 1. The predicted octanol–water partition coefficient (Wildman–Crippen LogP) is 0.575. The Morgan fingerprint density at radius 1 is 1.00 bits per heavy atom. The number of rotatable bonds is 1. The molecule has 0 aliphatic carbocycles. The van der Waals surface area contributed by atoms with Gasteiger partial charge in [0.25, 0.3) is 0 Å². The molecular weight excluding hydrogens is 226 g/mol. The van der Waals surface area contributed by atoms with Crippen LogP contribution < -0.4 is 0 Å². The number of nitrogens with zero attached hydrogens (tertiary/aromatic N) is 5. The zero-order valence-corrected chi connectivity index (χ0v) is 11.5. The highest BCUT2D eigenvalue weighted by molar-refractivity contribution is 5.06. The molecule has 1 saturated heterocycles. The molecule has 0 amide bonds. The van der Waals surface area contributed by atoms with E-state index in [2.05, 4.69) is 38.7 Å². The first kappa shape index (κ1) is 12.1. The van der Waals surface area contributed by atoms with Gasteiger partial charge in [0, 0.05) is 38.5 Å². The molecule has 0 aromatic carbocycles. The van der Waals surface area contributed by atoms with E-state index in [-0.39, 0.29) is 0 Å². The highest BCUT2D eigenvalue weighted by Crippen LogP contribution is 2.26. The van der Waals surface area contributed by atoms with E-state index in [0.717, 1.165) is 32.6 Å². The largest absolute Gasteiger partial charge is 0.313 e. The molecule has 1 unspecified atom stereocenters. The van der Waals surface area contributed by atoms with Crippen molar-refractivity contribution < 1.29 is 0 Å². The van der Waals surface area contributed by atoms with Crippen molar-refractivity contribution in [1.29, 1.82) is 0 Å². The molecular formula is C13H23N5. The first-order valence-corrected chi connectivity index (χ1v) is 7.03. The monoisotopic (exact) mass is 249 g/mol. The molecule has 5 nitrogen and oxygen atoms in total. The molecule has 0 saturated carbocycles. The van der Waals surface area contributed by atoms with Crippen LogP contribution in [0.2, 0.25) is 0 Å². The Hall–Kier alpha value is -0.940. The summed E-state index contributed by atoms with van der Waals surface area (Å²) in [5.41, 5.74) is 0. The van der Waals surface area contributed by atoms with Crippen LogP contribution >= 0.6 is 0 Å². The third kappa shape index (κ3) is 2.29. The zero-order valence-electron chi connectivity index (χ0n) is 11.5. The number of fused-ring (bicyclic) bond motifs is 1. The lowest BCUT2D eigenvalue weighted by atomic mass is 9.97. The molecule has 5 heteroatoms. The summed E-state index contributed by atoms with van der Waals surface area (Å²) in [6.07, 6.45) is 3.58. The predicted molar refractivity (Wildman–Crippen MR) is 70.7 cm³/mol. The lowest BCUT2D eigenvalue weighted by Crippen LogP contribution is -2.32. The van der Waals surface area contributed by atoms with E-state index in [1.54, 1.807) is 0 Å². The van der Waals surface area contributed by atoms with Crippen LogP contribution in [0.3, 0.4) is 0 Å². The average Bonchev–Trinajstić information content (AvgIpc) is 2.68. The molecule has 2 aliphatic heterocycles. The Kier molecular flexibility index (Phi) is 3.35. The van der Waals surface area contributed by atoms with Crippen molar-refractivity contribution in [3.05, 3.63) is 11.6 Å². The van der Waals surface area contributed by atoms with Crippen LogP contribution in [0.5, 0.6) is 0 Å². The van der Waals surface area contributed by atoms with Crippen molar-refractivity contribution in [3.63, 3.8) is 0 Å². The molecule has 2 aliphatic rings. The van der Waals surface area contributed by atoms with Gasteiger partial charge in [-0.3, -0.25) is 0 Å². The fraction of sp³-hybridized carbons (Fsp3) is 0.846. The van der Waals surface area contributed by atoms with Gasteiger partial charge >= 0.3 is 0 Å². The van der Waals surface area contributed by atoms with E-state index < -0.39 is 0 Å². The second-order valence-corrected chi connectivity index (χ2v) is 5.78. The van der Waals surface area contributed by atoms with E-state index >= 15 is 0 Å². The van der Waals surface area contributed by atoms with Crippen LogP contribution in [0.4, 0.5) is 0 Å². The van der Waals surface area contributed by atoms with Gasteiger partial charge in [0.2, 0.25) is 0 Å². The summed E-state index contributed by atoms with van der Waals surface area (Å²) in [5, 5.41) is 8.91. The number of hydrogen-bond acceptors (Lipinski definition) is 4. The molecule has 3 heterocycles. The Balaban J connectivity index is 1.83. The molecule has 1 atom stereocenters. The smallest absolute Gasteiger partial charge is 0.137 e. The number of aromatic nitrogens is 3. The van der Waals surface area contributed by atoms with Crippen molar-refractivity contribution in [1.82, 2.24) is 24.6 Å². The van der Waals surface area contributed by atoms with Crippen LogP contribution in [-0.2, 0) is 13.0 Å². The van der Waals surface area contributed by atoms with Crippen molar-refractivity contribution in [2.75, 3.05) is 40.3 Å². The second kappa shape index (κ2) is 4.97. The second-order valence-electron chi connectivity index (χ2n) is 5.78. The molecule has 1 fully saturated rings. The summed E-state index contributed by atoms with van der Waals surface area (Å²) >= 11 is 0. The van der Waals surface area contributed by atoms with E-state index in [9.17, 15) is 0 Å². The lowest BCUT2D eigenvalue weighted by molar-refractivity contribution is 0.241. The molecule has 0 radical (unpaired) electrons. The highest BCUT2D eigenvalue weighted by atomic mass is 15.3. The third-order valence-corrected chi connectivity index (χ3v) is 4.27. The summed E-state index contributed by atoms with van der Waals surface area (Å²) in [7, 11) is 4.40. The summed E-state index contributed by atoms with van der Waals surface area (Å²) in [6, 6.07) is 0. The Labute approximate surface area is 109 Å². The van der Waals surface area contributed by atoms with Crippen LogP contribution in [0.25, 0.3) is 0 Å². The van der Waals surface area contributed by atoms with Crippen LogP contribution in [-0.4, -0.2) is 64.8 Å². The minimum absolute atomic E-state index is 0.577. The van der Waals surface area contributed by atoms with Gasteiger partial charge in [-0.2, -0.15) is 0 Å². The average molecular weight is 249 g/mol. The van der Waals surface area contributed by atoms with Gasteiger partial charge in [-0.15, -0.1) is 10.2 Å². The van der Waals surface area contributed by atoms with Gasteiger partial charge in [0.15, 0.2) is 0 Å². The van der Waals surface area contributed by atoms with E-state index in [4.69, 9.17) is 0 Å². The van der Waals surface area contributed by atoms with Gasteiger partial charge < -0.3 is 14.4 Å². The summed E-state index contributed by atoms with van der Waals surface area (Å²) < 4.78 is 2.38. The van der Waals surface area contributed by atoms with Crippen molar-refractivity contribution >= 4 is 0 Å².